The van der Waals surface area contributed by atoms with E-state index in [9.17, 15) is 14.4 Å². The van der Waals surface area contributed by atoms with Gasteiger partial charge in [-0.05, 0) is 43.9 Å². The normalized spacial score (nSPS) is 25.6. The van der Waals surface area contributed by atoms with Crippen LogP contribution in [0.2, 0.25) is 10.0 Å². The minimum absolute atomic E-state index is 0.00826. The molecule has 0 unspecified atom stereocenters. The highest BCUT2D eigenvalue weighted by molar-refractivity contribution is 6.41. The molecule has 9 heteroatoms. The Morgan fingerprint density at radius 2 is 2.12 bits per heavy atom. The highest BCUT2D eigenvalue weighted by Crippen LogP contribution is 2.49. The fraction of sp³-hybridized carbons (Fsp3) is 0.625. The molecule has 1 heterocycles. The van der Waals surface area contributed by atoms with E-state index in [1.165, 1.54) is 25.5 Å². The van der Waals surface area contributed by atoms with E-state index in [0.717, 1.165) is 17.0 Å². The molecule has 0 radical (unpaired) electrons. The smallest absolute Gasteiger partial charge is 0.321 e. The van der Waals surface area contributed by atoms with Crippen molar-refractivity contribution < 1.29 is 9.59 Å². The molecular formula is C16H20Cl2N4O3. The summed E-state index contributed by atoms with van der Waals surface area (Å²) in [6.07, 6.45) is 6.10. The molecule has 136 valence electrons. The number of rotatable bonds is 4. The fourth-order valence-corrected chi connectivity index (χ4v) is 4.39. The van der Waals surface area contributed by atoms with Gasteiger partial charge in [0.2, 0.25) is 5.91 Å². The van der Waals surface area contributed by atoms with Gasteiger partial charge in [0.15, 0.2) is 0 Å². The molecule has 2 saturated carbocycles. The lowest BCUT2D eigenvalue weighted by molar-refractivity contribution is -0.120. The van der Waals surface area contributed by atoms with Gasteiger partial charge < -0.3 is 5.32 Å². The van der Waals surface area contributed by atoms with Crippen LogP contribution in [-0.2, 0) is 11.3 Å². The third kappa shape index (κ3) is 3.98. The van der Waals surface area contributed by atoms with Gasteiger partial charge in [-0.15, -0.1) is 0 Å². The molecule has 25 heavy (non-hydrogen) atoms. The van der Waals surface area contributed by atoms with Crippen LogP contribution >= 0.6 is 23.2 Å². The third-order valence-corrected chi connectivity index (χ3v) is 6.03. The molecule has 0 saturated heterocycles. The predicted molar refractivity (Wildman–Crippen MR) is 93.6 cm³/mol. The zero-order valence-corrected chi connectivity index (χ0v) is 15.3. The van der Waals surface area contributed by atoms with Crippen molar-refractivity contribution in [2.24, 2.45) is 17.8 Å². The minimum atomic E-state index is -0.680. The Bertz CT molecular complexity index is 751. The topological polar surface area (TPSA) is 93.1 Å². The van der Waals surface area contributed by atoms with Gasteiger partial charge in [0.25, 0.3) is 5.56 Å². The van der Waals surface area contributed by atoms with Crippen molar-refractivity contribution in [2.75, 3.05) is 0 Å². The van der Waals surface area contributed by atoms with E-state index in [1.54, 1.807) is 0 Å². The van der Waals surface area contributed by atoms with Gasteiger partial charge in [-0.25, -0.2) is 9.48 Å². The largest absolute Gasteiger partial charge is 0.335 e. The summed E-state index contributed by atoms with van der Waals surface area (Å²) in [6.45, 7) is 1.56. The Kier molecular flexibility index (Phi) is 5.34. The Labute approximate surface area is 155 Å². The molecule has 2 bridgehead atoms. The van der Waals surface area contributed by atoms with E-state index in [2.05, 4.69) is 15.7 Å². The van der Waals surface area contributed by atoms with Crippen molar-refractivity contribution in [1.82, 2.24) is 20.4 Å². The number of nitrogens with zero attached hydrogens (tertiary/aromatic N) is 2. The number of fused-ring (bicyclic) bond motifs is 2. The maximum atomic E-state index is 12.0. The minimum Gasteiger partial charge on any atom is -0.335 e. The van der Waals surface area contributed by atoms with Gasteiger partial charge >= 0.3 is 6.03 Å². The first-order valence-electron chi connectivity index (χ1n) is 8.36. The summed E-state index contributed by atoms with van der Waals surface area (Å²) in [5.74, 6) is 1.29. The van der Waals surface area contributed by atoms with Crippen LogP contribution in [0.1, 0.15) is 32.6 Å². The molecular weight excluding hydrogens is 367 g/mol. The quantitative estimate of drug-likeness (QED) is 0.829. The molecule has 4 atom stereocenters. The lowest BCUT2D eigenvalue weighted by Crippen LogP contribution is -2.48. The van der Waals surface area contributed by atoms with Crippen LogP contribution in [0.25, 0.3) is 0 Å². The molecule has 2 N–H and O–H groups in total. The number of carbonyl (C=O) groups is 2. The average molecular weight is 387 g/mol. The number of hydrogen-bond donors (Lipinski definition) is 2. The van der Waals surface area contributed by atoms with E-state index in [0.29, 0.717) is 11.8 Å². The second kappa shape index (κ2) is 7.33. The monoisotopic (exact) mass is 386 g/mol. The van der Waals surface area contributed by atoms with Crippen molar-refractivity contribution in [1.29, 1.82) is 0 Å². The number of halogens is 2. The zero-order chi connectivity index (χ0) is 18.1. The summed E-state index contributed by atoms with van der Waals surface area (Å²) in [6, 6.07) is -0.553. The second-order valence-electron chi connectivity index (χ2n) is 6.92. The molecule has 1 aromatic rings. The fourth-order valence-electron chi connectivity index (χ4n) is 4.12. The molecule has 0 aliphatic heterocycles. The Balaban J connectivity index is 1.52. The zero-order valence-electron chi connectivity index (χ0n) is 13.8. The predicted octanol–water partition coefficient (Wildman–Crippen LogP) is 2.20. The van der Waals surface area contributed by atoms with Crippen molar-refractivity contribution in [3.05, 3.63) is 26.6 Å². The summed E-state index contributed by atoms with van der Waals surface area (Å²) in [5, 5.41) is 8.59. The summed E-state index contributed by atoms with van der Waals surface area (Å²) in [5.41, 5.74) is -0.680. The molecule has 0 spiro atoms. The second-order valence-corrected chi connectivity index (χ2v) is 7.70. The van der Waals surface area contributed by atoms with E-state index in [-0.39, 0.29) is 16.1 Å². The van der Waals surface area contributed by atoms with E-state index in [1.807, 2.05) is 6.92 Å². The Hall–Kier alpha value is -1.60. The summed E-state index contributed by atoms with van der Waals surface area (Å²) in [7, 11) is 0. The first kappa shape index (κ1) is 18.2. The van der Waals surface area contributed by atoms with Crippen LogP contribution in [0.3, 0.4) is 0 Å². The van der Waals surface area contributed by atoms with Crippen molar-refractivity contribution in [2.45, 2.75) is 45.2 Å². The summed E-state index contributed by atoms with van der Waals surface area (Å²) in [4.78, 5) is 35.8. The Morgan fingerprint density at radius 3 is 2.76 bits per heavy atom. The molecule has 0 aromatic carbocycles. The van der Waals surface area contributed by atoms with Crippen LogP contribution in [-0.4, -0.2) is 27.8 Å². The molecule has 7 nitrogen and oxygen atoms in total. The van der Waals surface area contributed by atoms with Crippen molar-refractivity contribution in [3.8, 4) is 0 Å². The van der Waals surface area contributed by atoms with Gasteiger partial charge in [0, 0.05) is 6.04 Å². The van der Waals surface area contributed by atoms with Crippen molar-refractivity contribution in [3.63, 3.8) is 0 Å². The first-order valence-corrected chi connectivity index (χ1v) is 9.12. The maximum Gasteiger partial charge on any atom is 0.321 e. The van der Waals surface area contributed by atoms with Crippen LogP contribution in [0.5, 0.6) is 0 Å². The van der Waals surface area contributed by atoms with Crippen molar-refractivity contribution >= 4 is 35.1 Å². The lowest BCUT2D eigenvalue weighted by atomic mass is 9.84. The molecule has 3 rings (SSSR count). The average Bonchev–Trinajstić information content (AvgIpc) is 3.18. The van der Waals surface area contributed by atoms with Gasteiger partial charge in [-0.3, -0.25) is 14.9 Å². The summed E-state index contributed by atoms with van der Waals surface area (Å²) >= 11 is 11.4. The molecule has 2 fully saturated rings. The maximum absolute atomic E-state index is 12.0. The number of aromatic nitrogens is 2. The number of imide groups is 1. The molecule has 1 aromatic heterocycles. The molecule has 2 aliphatic carbocycles. The number of amides is 3. The van der Waals surface area contributed by atoms with E-state index >= 15 is 0 Å². The highest BCUT2D eigenvalue weighted by Gasteiger charge is 2.42. The van der Waals surface area contributed by atoms with Crippen LogP contribution in [0.4, 0.5) is 4.79 Å². The Morgan fingerprint density at radius 1 is 1.36 bits per heavy atom. The molecule has 3 amide bonds. The van der Waals surface area contributed by atoms with Gasteiger partial charge in [0.1, 0.15) is 11.6 Å². The van der Waals surface area contributed by atoms with Gasteiger partial charge in [0.05, 0.1) is 11.2 Å². The lowest BCUT2D eigenvalue weighted by Gasteiger charge is -2.28. The van der Waals surface area contributed by atoms with Crippen LogP contribution < -0.4 is 16.2 Å². The van der Waals surface area contributed by atoms with Gasteiger partial charge in [-0.1, -0.05) is 29.6 Å². The first-order chi connectivity index (χ1) is 11.8. The van der Waals surface area contributed by atoms with E-state index < -0.39 is 24.0 Å². The van der Waals surface area contributed by atoms with E-state index in [4.69, 9.17) is 23.2 Å². The molecule has 2 aliphatic rings. The summed E-state index contributed by atoms with van der Waals surface area (Å²) < 4.78 is 0.857. The standard InChI is InChI=1S/C16H20Cl2N4O3/c1-8(11-5-9-2-3-10(11)4-9)20-16(25)21-13(23)7-22-15(24)14(18)12(17)6-19-22/h6,8-11H,2-5,7H2,1H3,(H2,20,21,23,25)/t8-,9-,10-,11-/m0/s1. The number of urea groups is 1. The van der Waals surface area contributed by atoms with Crippen LogP contribution in [0, 0.1) is 17.8 Å². The SMILES string of the molecule is C[C@H](NC(=O)NC(=O)Cn1ncc(Cl)c(Cl)c1=O)[C@@H]1C[C@H]2CC[C@H]1C2. The number of carbonyl (C=O) groups excluding carboxylic acids is 2. The third-order valence-electron chi connectivity index (χ3n) is 5.28. The number of hydrogen-bond acceptors (Lipinski definition) is 4. The van der Waals surface area contributed by atoms with Gasteiger partial charge in [-0.2, -0.15) is 5.10 Å². The number of nitrogens with one attached hydrogen (secondary N) is 2. The van der Waals surface area contributed by atoms with Crippen LogP contribution in [0.15, 0.2) is 11.0 Å². The highest BCUT2D eigenvalue weighted by atomic mass is 35.5.